The molecule has 4 saturated heterocycles. The first-order chi connectivity index (χ1) is 28.7. The number of carbonyl (C=O) groups excluding carboxylic acids is 3. The van der Waals surface area contributed by atoms with Crippen LogP contribution in [0, 0.1) is 28.1 Å². The molecule has 2 N–H and O–H groups in total. The largest absolute Gasteiger partial charge is 0.489 e. The zero-order valence-electron chi connectivity index (χ0n) is 34.5. The van der Waals surface area contributed by atoms with Crippen molar-refractivity contribution in [2.75, 3.05) is 42.5 Å². The fourth-order valence-corrected chi connectivity index (χ4v) is 11.3. The highest BCUT2D eigenvalue weighted by Gasteiger charge is 2.64. The van der Waals surface area contributed by atoms with Gasteiger partial charge in [0.1, 0.15) is 24.0 Å². The number of hydrogen-bond donors (Lipinski definition) is 2. The molecule has 2 unspecified atom stereocenters. The third-order valence-corrected chi connectivity index (χ3v) is 14.3. The van der Waals surface area contributed by atoms with Gasteiger partial charge in [0.2, 0.25) is 5.91 Å². The lowest BCUT2D eigenvalue weighted by Gasteiger charge is -2.63. The van der Waals surface area contributed by atoms with Gasteiger partial charge >= 0.3 is 0 Å². The second-order valence-corrected chi connectivity index (χ2v) is 19.0. The van der Waals surface area contributed by atoms with E-state index < -0.39 is 11.9 Å². The smallest absolute Gasteiger partial charge is 0.275 e. The highest BCUT2D eigenvalue weighted by molar-refractivity contribution is 6.31. The highest BCUT2D eigenvalue weighted by atomic mass is 35.5. The van der Waals surface area contributed by atoms with E-state index in [1.165, 1.54) is 4.68 Å². The van der Waals surface area contributed by atoms with Crippen LogP contribution in [0.2, 0.25) is 5.02 Å². The number of fused-ring (bicyclic) bond motifs is 3. The van der Waals surface area contributed by atoms with Crippen LogP contribution in [-0.2, 0) is 9.59 Å². The molecule has 4 aliphatic heterocycles. The summed E-state index contributed by atoms with van der Waals surface area (Å²) >= 11 is 6.26. The van der Waals surface area contributed by atoms with Crippen LogP contribution in [0.3, 0.4) is 0 Å². The van der Waals surface area contributed by atoms with Crippen LogP contribution >= 0.6 is 11.6 Å². The van der Waals surface area contributed by atoms with Crippen molar-refractivity contribution in [3.05, 3.63) is 93.4 Å². The summed E-state index contributed by atoms with van der Waals surface area (Å²) in [6.45, 7) is 13.5. The lowest BCUT2D eigenvalue weighted by atomic mass is 9.49. The number of piperazine rings is 1. The van der Waals surface area contributed by atoms with Crippen LogP contribution in [0.15, 0.2) is 71.7 Å². The zero-order chi connectivity index (χ0) is 42.1. The van der Waals surface area contributed by atoms with Gasteiger partial charge in [-0.15, -0.1) is 0 Å². The molecule has 1 aliphatic carbocycles. The Morgan fingerprint density at radius 3 is 2.35 bits per heavy atom. The van der Waals surface area contributed by atoms with Gasteiger partial charge in [0.15, 0.2) is 0 Å². The van der Waals surface area contributed by atoms with E-state index in [0.29, 0.717) is 45.3 Å². The van der Waals surface area contributed by atoms with E-state index in [2.05, 4.69) is 76.3 Å². The number of aromatic nitrogens is 2. The Hall–Kier alpha value is -5.45. The molecule has 0 radical (unpaired) electrons. The molecule has 3 atom stereocenters. The predicted molar refractivity (Wildman–Crippen MR) is 229 cm³/mol. The quantitative estimate of drug-likeness (QED) is 0.201. The Labute approximate surface area is 354 Å². The molecule has 0 spiro atoms. The number of nitrogens with zero attached hydrogens (tertiary/aromatic N) is 6. The molecule has 312 valence electrons. The summed E-state index contributed by atoms with van der Waals surface area (Å²) in [5.74, 6) is 0.334. The van der Waals surface area contributed by atoms with Crippen molar-refractivity contribution in [2.45, 2.75) is 90.1 Å². The standard InChI is InChI=1S/C46H51ClN8O5/c1-45(2)43(46(3,4)44(45)60-35-11-7-29(22-48)37(47)21-35)51-40(57)28-5-8-31(9-6-28)52-17-15-27(16-18-52)24-53-25-34-20-33(53)26-54(34)32-10-12-36-30(19-32)23-49-55(42(36)59)38-13-14-39(56)50-41(38)58/h5-12,19,21,23,27,33-34,38,43-44H,13-18,20,24-26H2,1-4H3,(H,51,57)(H,50,56,58)/t33?,34?,38-,43?,44?/m1/s1. The maximum atomic E-state index is 13.5. The van der Waals surface area contributed by atoms with Crippen LogP contribution in [-0.4, -0.2) is 89.4 Å². The van der Waals surface area contributed by atoms with Crippen molar-refractivity contribution >= 4 is 51.5 Å². The lowest BCUT2D eigenvalue weighted by Crippen LogP contribution is -2.74. The summed E-state index contributed by atoms with van der Waals surface area (Å²) in [6, 6.07) is 21.1. The van der Waals surface area contributed by atoms with Crippen molar-refractivity contribution in [3.8, 4) is 11.8 Å². The zero-order valence-corrected chi connectivity index (χ0v) is 35.2. The summed E-state index contributed by atoms with van der Waals surface area (Å²) in [4.78, 5) is 58.4. The number of halogens is 1. The van der Waals surface area contributed by atoms with E-state index in [1.807, 2.05) is 30.3 Å². The van der Waals surface area contributed by atoms with Crippen molar-refractivity contribution in [2.24, 2.45) is 16.7 Å². The average Bonchev–Trinajstić information content (AvgIpc) is 3.84. The Balaban J connectivity index is 0.750. The van der Waals surface area contributed by atoms with Gasteiger partial charge in [-0.3, -0.25) is 29.4 Å². The minimum atomic E-state index is -0.779. The molecule has 2 bridgehead atoms. The van der Waals surface area contributed by atoms with Crippen LogP contribution < -0.4 is 30.7 Å². The molecule has 3 aromatic carbocycles. The maximum Gasteiger partial charge on any atom is 0.275 e. The topological polar surface area (TPSA) is 153 Å². The highest BCUT2D eigenvalue weighted by Crippen LogP contribution is 2.55. The molecule has 13 nitrogen and oxygen atoms in total. The molecule has 3 amide bonds. The number of carbonyl (C=O) groups is 3. The summed E-state index contributed by atoms with van der Waals surface area (Å²) in [5, 5.41) is 20.8. The average molecular weight is 831 g/mol. The third-order valence-electron chi connectivity index (χ3n) is 14.0. The normalized spacial score (nSPS) is 26.1. The Morgan fingerprint density at radius 1 is 0.950 bits per heavy atom. The number of likely N-dealkylation sites (tertiary alicyclic amines) is 1. The van der Waals surface area contributed by atoms with E-state index in [1.54, 1.807) is 24.4 Å². The molecular formula is C46H51ClN8O5. The van der Waals surface area contributed by atoms with Gasteiger partial charge in [0.25, 0.3) is 17.4 Å². The molecule has 60 heavy (non-hydrogen) atoms. The molecule has 4 aromatic rings. The van der Waals surface area contributed by atoms with E-state index in [9.17, 15) is 24.4 Å². The van der Waals surface area contributed by atoms with Gasteiger partial charge in [-0.25, -0.2) is 4.68 Å². The van der Waals surface area contributed by atoms with E-state index in [0.717, 1.165) is 68.7 Å². The lowest BCUT2D eigenvalue weighted by molar-refractivity contribution is -0.164. The van der Waals surface area contributed by atoms with Gasteiger partial charge in [-0.1, -0.05) is 39.3 Å². The summed E-state index contributed by atoms with van der Waals surface area (Å²) in [6.07, 6.45) is 5.31. The van der Waals surface area contributed by atoms with Crippen molar-refractivity contribution in [3.63, 3.8) is 0 Å². The van der Waals surface area contributed by atoms with Gasteiger partial charge in [-0.2, -0.15) is 10.4 Å². The van der Waals surface area contributed by atoms with Gasteiger partial charge in [0.05, 0.1) is 22.2 Å². The molecule has 9 rings (SSSR count). The van der Waals surface area contributed by atoms with Crippen molar-refractivity contribution in [1.29, 1.82) is 5.26 Å². The summed E-state index contributed by atoms with van der Waals surface area (Å²) in [5.41, 5.74) is 2.27. The number of nitrogens with one attached hydrogen (secondary N) is 2. The Kier molecular flexibility index (Phi) is 10.1. The first-order valence-corrected chi connectivity index (χ1v) is 21.5. The first-order valence-electron chi connectivity index (χ1n) is 21.1. The maximum absolute atomic E-state index is 13.5. The number of amides is 3. The summed E-state index contributed by atoms with van der Waals surface area (Å²) in [7, 11) is 0. The Bertz CT molecular complexity index is 2460. The van der Waals surface area contributed by atoms with Gasteiger partial charge in [-0.05, 0) is 86.2 Å². The number of ether oxygens (including phenoxy) is 1. The monoisotopic (exact) mass is 830 g/mol. The number of nitriles is 1. The van der Waals surface area contributed by atoms with Crippen LogP contribution in [0.25, 0.3) is 10.8 Å². The summed E-state index contributed by atoms with van der Waals surface area (Å²) < 4.78 is 7.61. The fourth-order valence-electron chi connectivity index (χ4n) is 11.1. The van der Waals surface area contributed by atoms with E-state index in [4.69, 9.17) is 16.3 Å². The molecular weight excluding hydrogens is 780 g/mol. The van der Waals surface area contributed by atoms with Crippen LogP contribution in [0.4, 0.5) is 11.4 Å². The second kappa shape index (κ2) is 15.2. The first kappa shape index (κ1) is 40.0. The van der Waals surface area contributed by atoms with Crippen molar-refractivity contribution in [1.82, 2.24) is 25.3 Å². The molecule has 5 heterocycles. The number of anilines is 2. The molecule has 14 heteroatoms. The number of rotatable bonds is 9. The second-order valence-electron chi connectivity index (χ2n) is 18.6. The number of benzene rings is 3. The Morgan fingerprint density at radius 2 is 1.68 bits per heavy atom. The molecule has 5 fully saturated rings. The van der Waals surface area contributed by atoms with Gasteiger partial charge < -0.3 is 19.9 Å². The SMILES string of the molecule is CC1(C)C(NC(=O)c2ccc(N3CCC(CN4CC5CC4CN5c4ccc5c(=O)n([C@@H]6CCC(=O)NC6=O)ncc5c4)CC3)cc2)C(C)(C)C1Oc1ccc(C#N)c(Cl)c1. The van der Waals surface area contributed by atoms with Gasteiger partial charge in [0, 0.05) is 96.5 Å². The van der Waals surface area contributed by atoms with Crippen molar-refractivity contribution < 1.29 is 19.1 Å². The number of imide groups is 1. The minimum absolute atomic E-state index is 0.0984. The van der Waals surface area contributed by atoms with Crippen LogP contribution in [0.5, 0.6) is 5.75 Å². The molecule has 1 aromatic heterocycles. The molecule has 1 saturated carbocycles. The van der Waals surface area contributed by atoms with E-state index in [-0.39, 0.29) is 53.2 Å². The fraction of sp³-hybridized carbons (Fsp3) is 0.478. The number of hydrogen-bond acceptors (Lipinski definition) is 10. The third kappa shape index (κ3) is 7.07. The predicted octanol–water partition coefficient (Wildman–Crippen LogP) is 5.69. The number of piperidine rings is 2. The minimum Gasteiger partial charge on any atom is -0.489 e. The molecule has 5 aliphatic rings. The van der Waals surface area contributed by atoms with E-state index >= 15 is 0 Å². The van der Waals surface area contributed by atoms with Crippen LogP contribution in [0.1, 0.15) is 81.8 Å².